The zero-order valence-corrected chi connectivity index (χ0v) is 15.8. The first-order valence-corrected chi connectivity index (χ1v) is 9.28. The van der Waals surface area contributed by atoms with E-state index in [0.29, 0.717) is 28.9 Å². The zero-order valence-electron chi connectivity index (χ0n) is 15.1. The van der Waals surface area contributed by atoms with Crippen molar-refractivity contribution in [3.63, 3.8) is 0 Å². The molecule has 1 aliphatic rings. The second-order valence-electron chi connectivity index (χ2n) is 6.66. The molecule has 28 heavy (non-hydrogen) atoms. The predicted molar refractivity (Wildman–Crippen MR) is 108 cm³/mol. The summed E-state index contributed by atoms with van der Waals surface area (Å²) in [4.78, 5) is 8.64. The van der Waals surface area contributed by atoms with E-state index in [1.54, 1.807) is 6.07 Å². The molecule has 140 valence electrons. The van der Waals surface area contributed by atoms with Gasteiger partial charge in [0.25, 0.3) is 0 Å². The average molecular weight is 393 g/mol. The van der Waals surface area contributed by atoms with Crippen molar-refractivity contribution in [2.45, 2.75) is 19.6 Å². The van der Waals surface area contributed by atoms with Gasteiger partial charge in [0, 0.05) is 16.3 Å². The number of nitrogens with zero attached hydrogens (tertiary/aromatic N) is 3. The molecule has 0 radical (unpaired) electrons. The molecule has 0 spiro atoms. The van der Waals surface area contributed by atoms with Crippen LogP contribution in [0.25, 0.3) is 16.7 Å². The van der Waals surface area contributed by atoms with Crippen LogP contribution in [0.2, 0.25) is 5.02 Å². The highest BCUT2D eigenvalue weighted by atomic mass is 35.5. The molecule has 2 aromatic heterocycles. The number of hydrogen-bond acceptors (Lipinski definition) is 5. The summed E-state index contributed by atoms with van der Waals surface area (Å²) in [7, 11) is 0. The molecule has 0 saturated carbocycles. The molecule has 2 N–H and O–H groups in total. The number of hydrogen-bond donors (Lipinski definition) is 1. The first-order chi connectivity index (χ1) is 13.6. The first kappa shape index (κ1) is 17.0. The fourth-order valence-corrected chi connectivity index (χ4v) is 3.85. The van der Waals surface area contributed by atoms with Crippen molar-refractivity contribution in [1.82, 2.24) is 14.5 Å². The number of ether oxygens (including phenoxy) is 2. The van der Waals surface area contributed by atoms with Gasteiger partial charge in [-0.05, 0) is 49.4 Å². The van der Waals surface area contributed by atoms with Crippen LogP contribution in [0.5, 0.6) is 11.5 Å². The molecule has 2 aromatic carbocycles. The minimum absolute atomic E-state index is 0.0292. The van der Waals surface area contributed by atoms with Crippen LogP contribution >= 0.6 is 11.6 Å². The third kappa shape index (κ3) is 2.69. The number of anilines is 1. The number of nitrogens with two attached hydrogens (primary N) is 1. The monoisotopic (exact) mass is 392 g/mol. The van der Waals surface area contributed by atoms with Gasteiger partial charge in [-0.15, -0.1) is 0 Å². The van der Waals surface area contributed by atoms with Gasteiger partial charge < -0.3 is 19.8 Å². The van der Waals surface area contributed by atoms with Crippen LogP contribution in [0.4, 0.5) is 5.82 Å². The highest BCUT2D eigenvalue weighted by Gasteiger charge is 2.30. The van der Waals surface area contributed by atoms with Crippen LogP contribution in [0.3, 0.4) is 0 Å². The van der Waals surface area contributed by atoms with Crippen molar-refractivity contribution in [2.75, 3.05) is 5.73 Å². The van der Waals surface area contributed by atoms with Crippen LogP contribution in [0, 0.1) is 0 Å². The number of nitrogen functional groups attached to an aromatic ring is 1. The maximum Gasteiger partial charge on any atom is 0.151 e. The minimum Gasteiger partial charge on any atom is -0.457 e. The molecule has 0 fully saturated rings. The van der Waals surface area contributed by atoms with Gasteiger partial charge in [-0.3, -0.25) is 0 Å². The Hall–Kier alpha value is -3.09. The van der Waals surface area contributed by atoms with Crippen molar-refractivity contribution in [3.05, 3.63) is 71.1 Å². The Morgan fingerprint density at radius 3 is 2.75 bits per heavy atom. The number of halogens is 1. The van der Waals surface area contributed by atoms with Crippen LogP contribution in [0.1, 0.15) is 24.3 Å². The number of fused-ring (bicyclic) bond motifs is 3. The highest BCUT2D eigenvalue weighted by molar-refractivity contribution is 6.30. The summed E-state index contributed by atoms with van der Waals surface area (Å²) in [6.07, 6.45) is 1.47. The number of benzene rings is 2. The maximum atomic E-state index is 6.20. The first-order valence-electron chi connectivity index (χ1n) is 8.91. The molecule has 1 unspecified atom stereocenters. The lowest BCUT2D eigenvalue weighted by Gasteiger charge is -2.12. The van der Waals surface area contributed by atoms with E-state index in [1.165, 1.54) is 6.33 Å². The molecular formula is C21H17ClN4O2. The van der Waals surface area contributed by atoms with Gasteiger partial charge in [0.2, 0.25) is 0 Å². The van der Waals surface area contributed by atoms with Gasteiger partial charge in [0.15, 0.2) is 5.82 Å². The van der Waals surface area contributed by atoms with E-state index in [-0.39, 0.29) is 6.10 Å². The van der Waals surface area contributed by atoms with E-state index < -0.39 is 0 Å². The Bertz CT molecular complexity index is 1190. The standard InChI is InChI=1S/C21H17ClN4O2/c1-12-18-17(10-27-12)26(20-19(18)24-11-25-21(20)23)14-5-7-15(8-6-14)28-16-4-2-3-13(22)9-16/h2-9,11-12H,10H2,1H3,(H2,23,24,25). The lowest BCUT2D eigenvalue weighted by atomic mass is 10.1. The molecule has 0 bridgehead atoms. The molecule has 1 atom stereocenters. The number of aromatic nitrogens is 3. The van der Waals surface area contributed by atoms with Crippen LogP contribution < -0.4 is 10.5 Å². The van der Waals surface area contributed by atoms with Crippen molar-refractivity contribution >= 4 is 28.5 Å². The van der Waals surface area contributed by atoms with Gasteiger partial charge in [-0.2, -0.15) is 0 Å². The third-order valence-electron chi connectivity index (χ3n) is 4.91. The second-order valence-corrected chi connectivity index (χ2v) is 7.09. The van der Waals surface area contributed by atoms with Gasteiger partial charge in [-0.1, -0.05) is 17.7 Å². The van der Waals surface area contributed by atoms with E-state index in [2.05, 4.69) is 14.5 Å². The summed E-state index contributed by atoms with van der Waals surface area (Å²) in [5, 5.41) is 0.632. The van der Waals surface area contributed by atoms with Gasteiger partial charge in [0.05, 0.1) is 18.4 Å². The summed E-state index contributed by atoms with van der Waals surface area (Å²) in [6.45, 7) is 2.53. The molecule has 0 amide bonds. The van der Waals surface area contributed by atoms with Crippen LogP contribution in [-0.2, 0) is 11.3 Å². The summed E-state index contributed by atoms with van der Waals surface area (Å²) < 4.78 is 13.8. The topological polar surface area (TPSA) is 75.2 Å². The quantitative estimate of drug-likeness (QED) is 0.528. The summed E-state index contributed by atoms with van der Waals surface area (Å²) in [5.74, 6) is 1.85. The van der Waals surface area contributed by atoms with Crippen LogP contribution in [-0.4, -0.2) is 14.5 Å². The van der Waals surface area contributed by atoms with E-state index in [0.717, 1.165) is 28.0 Å². The largest absolute Gasteiger partial charge is 0.457 e. The fourth-order valence-electron chi connectivity index (χ4n) is 3.67. The van der Waals surface area contributed by atoms with Gasteiger partial charge >= 0.3 is 0 Å². The SMILES string of the molecule is CC1OCc2c1c1ncnc(N)c1n2-c1ccc(Oc2cccc(Cl)c2)cc1. The smallest absolute Gasteiger partial charge is 0.151 e. The molecule has 0 aliphatic carbocycles. The molecule has 4 aromatic rings. The molecule has 7 heteroatoms. The predicted octanol–water partition coefficient (Wildman–Crippen LogP) is 5.04. The molecule has 1 aliphatic heterocycles. The summed E-state index contributed by atoms with van der Waals surface area (Å²) in [6, 6.07) is 15.1. The molecule has 5 rings (SSSR count). The van der Waals surface area contributed by atoms with Crippen molar-refractivity contribution in [1.29, 1.82) is 0 Å². The Morgan fingerprint density at radius 1 is 1.14 bits per heavy atom. The van der Waals surface area contributed by atoms with E-state index in [9.17, 15) is 0 Å². The second kappa shape index (κ2) is 6.51. The fraction of sp³-hybridized carbons (Fsp3) is 0.143. The van der Waals surface area contributed by atoms with E-state index >= 15 is 0 Å². The van der Waals surface area contributed by atoms with Crippen molar-refractivity contribution in [2.24, 2.45) is 0 Å². The Balaban J connectivity index is 1.58. The molecule has 6 nitrogen and oxygen atoms in total. The Kier molecular flexibility index (Phi) is 3.96. The van der Waals surface area contributed by atoms with Gasteiger partial charge in [-0.25, -0.2) is 9.97 Å². The summed E-state index contributed by atoms with van der Waals surface area (Å²) >= 11 is 6.02. The Morgan fingerprint density at radius 2 is 1.96 bits per heavy atom. The van der Waals surface area contributed by atoms with E-state index in [4.69, 9.17) is 26.8 Å². The Labute approximate surface area is 166 Å². The minimum atomic E-state index is -0.0292. The van der Waals surface area contributed by atoms with Gasteiger partial charge in [0.1, 0.15) is 28.9 Å². The van der Waals surface area contributed by atoms with E-state index in [1.807, 2.05) is 49.4 Å². The van der Waals surface area contributed by atoms with Crippen molar-refractivity contribution < 1.29 is 9.47 Å². The maximum absolute atomic E-state index is 6.20. The zero-order chi connectivity index (χ0) is 19.3. The van der Waals surface area contributed by atoms with Crippen LogP contribution in [0.15, 0.2) is 54.9 Å². The van der Waals surface area contributed by atoms with Crippen molar-refractivity contribution in [3.8, 4) is 17.2 Å². The third-order valence-corrected chi connectivity index (χ3v) is 5.15. The molecular weight excluding hydrogens is 376 g/mol. The number of rotatable bonds is 3. The lowest BCUT2D eigenvalue weighted by Crippen LogP contribution is -2.03. The molecule has 3 heterocycles. The highest BCUT2D eigenvalue weighted by Crippen LogP contribution is 2.40. The average Bonchev–Trinajstić information content (AvgIpc) is 3.22. The molecule has 0 saturated heterocycles. The normalized spacial score (nSPS) is 15.7. The summed E-state index contributed by atoms with van der Waals surface area (Å²) in [5.41, 5.74) is 10.9. The lowest BCUT2D eigenvalue weighted by molar-refractivity contribution is 0.0783.